The summed E-state index contributed by atoms with van der Waals surface area (Å²) in [6.45, 7) is 3.97. The summed E-state index contributed by atoms with van der Waals surface area (Å²) in [4.78, 5) is 0. The van der Waals surface area contributed by atoms with E-state index < -0.39 is 0 Å². The van der Waals surface area contributed by atoms with E-state index in [1.54, 1.807) is 6.07 Å². The molecule has 0 aromatic heterocycles. The van der Waals surface area contributed by atoms with Crippen LogP contribution in [0.3, 0.4) is 0 Å². The van der Waals surface area contributed by atoms with Crippen LogP contribution in [0, 0.1) is 17.7 Å². The normalized spacial score (nSPS) is 24.2. The first-order valence-corrected chi connectivity index (χ1v) is 7.61. The first-order chi connectivity index (χ1) is 8.66. The lowest BCUT2D eigenvalue weighted by Gasteiger charge is -2.28. The highest BCUT2D eigenvalue weighted by molar-refractivity contribution is 9.10. The molecule has 2 atom stereocenters. The van der Waals surface area contributed by atoms with E-state index in [1.807, 2.05) is 6.07 Å². The minimum Gasteiger partial charge on any atom is -0.312 e. The van der Waals surface area contributed by atoms with E-state index in [4.69, 9.17) is 0 Å². The molecular weight excluding hydrogens is 293 g/mol. The molecule has 3 heteroatoms. The van der Waals surface area contributed by atoms with Gasteiger partial charge in [-0.15, -0.1) is 0 Å². The predicted molar refractivity (Wildman–Crippen MR) is 76.9 cm³/mol. The summed E-state index contributed by atoms with van der Waals surface area (Å²) in [7, 11) is 0. The molecule has 1 N–H and O–H groups in total. The molecule has 0 radical (unpaired) electrons. The number of rotatable bonds is 4. The molecule has 0 saturated heterocycles. The first-order valence-electron chi connectivity index (χ1n) is 6.81. The summed E-state index contributed by atoms with van der Waals surface area (Å²) in [6.07, 6.45) is 5.38. The lowest BCUT2D eigenvalue weighted by Crippen LogP contribution is -2.29. The second kappa shape index (κ2) is 6.67. The van der Waals surface area contributed by atoms with Crippen LogP contribution in [-0.2, 0) is 6.54 Å². The van der Waals surface area contributed by atoms with Crippen LogP contribution in [0.2, 0.25) is 0 Å². The van der Waals surface area contributed by atoms with Gasteiger partial charge in [-0.1, -0.05) is 42.1 Å². The fourth-order valence-corrected chi connectivity index (χ4v) is 3.18. The molecule has 100 valence electrons. The molecule has 18 heavy (non-hydrogen) atoms. The third-order valence-corrected chi connectivity index (χ3v) is 4.51. The van der Waals surface area contributed by atoms with E-state index in [9.17, 15) is 4.39 Å². The molecule has 2 rings (SSSR count). The second-order valence-corrected chi connectivity index (χ2v) is 6.30. The number of halogens is 2. The van der Waals surface area contributed by atoms with Crippen molar-refractivity contribution in [1.29, 1.82) is 0 Å². The predicted octanol–water partition coefficient (Wildman–Crippen LogP) is 4.50. The van der Waals surface area contributed by atoms with Crippen LogP contribution in [0.25, 0.3) is 0 Å². The van der Waals surface area contributed by atoms with E-state index in [2.05, 4.69) is 28.2 Å². The van der Waals surface area contributed by atoms with Gasteiger partial charge in [0.15, 0.2) is 0 Å². The van der Waals surface area contributed by atoms with E-state index in [0.717, 1.165) is 28.4 Å². The molecule has 0 amide bonds. The van der Waals surface area contributed by atoms with Gasteiger partial charge in [0.05, 0.1) is 0 Å². The van der Waals surface area contributed by atoms with Gasteiger partial charge in [0.2, 0.25) is 0 Å². The monoisotopic (exact) mass is 313 g/mol. The Morgan fingerprint density at radius 3 is 2.89 bits per heavy atom. The summed E-state index contributed by atoms with van der Waals surface area (Å²) in [6, 6.07) is 5.11. The summed E-state index contributed by atoms with van der Waals surface area (Å²) >= 11 is 3.38. The molecule has 2 unspecified atom stereocenters. The first kappa shape index (κ1) is 14.0. The standard InChI is InChI=1S/C15H21BrFN/c1-11-4-2-3-5-12(11)9-18-10-13-8-14(16)6-7-15(13)17/h6-8,11-12,18H,2-5,9-10H2,1H3. The van der Waals surface area contributed by atoms with Crippen LogP contribution < -0.4 is 5.32 Å². The zero-order chi connectivity index (χ0) is 13.0. The van der Waals surface area contributed by atoms with Gasteiger partial charge in [0, 0.05) is 16.6 Å². The van der Waals surface area contributed by atoms with Crippen LogP contribution in [0.1, 0.15) is 38.2 Å². The lowest BCUT2D eigenvalue weighted by atomic mass is 9.80. The number of hydrogen-bond donors (Lipinski definition) is 1. The molecule has 1 nitrogen and oxygen atoms in total. The minimum atomic E-state index is -0.123. The van der Waals surface area contributed by atoms with Gasteiger partial charge in [-0.05, 0) is 43.0 Å². The van der Waals surface area contributed by atoms with Crippen molar-refractivity contribution in [1.82, 2.24) is 5.32 Å². The molecule has 1 aliphatic carbocycles. The summed E-state index contributed by atoms with van der Waals surface area (Å²) in [5.41, 5.74) is 0.743. The SMILES string of the molecule is CC1CCCCC1CNCc1cc(Br)ccc1F. The Morgan fingerprint density at radius 2 is 2.11 bits per heavy atom. The maximum absolute atomic E-state index is 13.6. The molecule has 1 aliphatic rings. The number of hydrogen-bond acceptors (Lipinski definition) is 1. The Kier molecular flexibility index (Phi) is 5.19. The van der Waals surface area contributed by atoms with E-state index in [-0.39, 0.29) is 5.82 Å². The average molecular weight is 314 g/mol. The van der Waals surface area contributed by atoms with E-state index >= 15 is 0 Å². The van der Waals surface area contributed by atoms with Crippen LogP contribution in [0.5, 0.6) is 0 Å². The van der Waals surface area contributed by atoms with Gasteiger partial charge in [-0.25, -0.2) is 4.39 Å². The van der Waals surface area contributed by atoms with E-state index in [0.29, 0.717) is 6.54 Å². The summed E-state index contributed by atoms with van der Waals surface area (Å²) in [5.74, 6) is 1.44. The number of benzene rings is 1. The maximum atomic E-state index is 13.6. The lowest BCUT2D eigenvalue weighted by molar-refractivity contribution is 0.247. The van der Waals surface area contributed by atoms with Crippen molar-refractivity contribution < 1.29 is 4.39 Å². The highest BCUT2D eigenvalue weighted by Crippen LogP contribution is 2.29. The van der Waals surface area contributed by atoms with Crippen LogP contribution in [-0.4, -0.2) is 6.54 Å². The zero-order valence-corrected chi connectivity index (χ0v) is 12.5. The fourth-order valence-electron chi connectivity index (χ4n) is 2.77. The Bertz CT molecular complexity index is 394. The molecule has 0 bridgehead atoms. The Morgan fingerprint density at radius 1 is 1.33 bits per heavy atom. The maximum Gasteiger partial charge on any atom is 0.127 e. The van der Waals surface area contributed by atoms with Crippen molar-refractivity contribution in [3.05, 3.63) is 34.1 Å². The topological polar surface area (TPSA) is 12.0 Å². The second-order valence-electron chi connectivity index (χ2n) is 5.39. The number of nitrogens with one attached hydrogen (secondary N) is 1. The van der Waals surface area contributed by atoms with Crippen molar-refractivity contribution in [3.8, 4) is 0 Å². The summed E-state index contributed by atoms with van der Waals surface area (Å²) < 4.78 is 14.5. The van der Waals surface area contributed by atoms with Crippen molar-refractivity contribution in [2.45, 2.75) is 39.2 Å². The van der Waals surface area contributed by atoms with Crippen LogP contribution >= 0.6 is 15.9 Å². The fraction of sp³-hybridized carbons (Fsp3) is 0.600. The smallest absolute Gasteiger partial charge is 0.127 e. The highest BCUT2D eigenvalue weighted by Gasteiger charge is 2.20. The molecule has 0 heterocycles. The molecule has 1 fully saturated rings. The molecule has 1 aromatic rings. The van der Waals surface area contributed by atoms with Crippen molar-refractivity contribution in [3.63, 3.8) is 0 Å². The van der Waals surface area contributed by atoms with Gasteiger partial charge in [-0.3, -0.25) is 0 Å². The largest absolute Gasteiger partial charge is 0.312 e. The summed E-state index contributed by atoms with van der Waals surface area (Å²) in [5, 5.41) is 3.41. The highest BCUT2D eigenvalue weighted by atomic mass is 79.9. The van der Waals surface area contributed by atoms with Gasteiger partial charge < -0.3 is 5.32 Å². The van der Waals surface area contributed by atoms with Crippen molar-refractivity contribution in [2.75, 3.05) is 6.54 Å². The Hall–Kier alpha value is -0.410. The van der Waals surface area contributed by atoms with Gasteiger partial charge in [0.25, 0.3) is 0 Å². The van der Waals surface area contributed by atoms with Gasteiger partial charge in [-0.2, -0.15) is 0 Å². The average Bonchev–Trinajstić information content (AvgIpc) is 2.36. The zero-order valence-electron chi connectivity index (χ0n) is 10.9. The van der Waals surface area contributed by atoms with Crippen molar-refractivity contribution >= 4 is 15.9 Å². The Balaban J connectivity index is 1.82. The minimum absolute atomic E-state index is 0.123. The molecule has 1 aromatic carbocycles. The third-order valence-electron chi connectivity index (χ3n) is 4.02. The quantitative estimate of drug-likeness (QED) is 0.862. The van der Waals surface area contributed by atoms with Gasteiger partial charge >= 0.3 is 0 Å². The molecule has 0 aliphatic heterocycles. The Labute approximate surface area is 117 Å². The van der Waals surface area contributed by atoms with Gasteiger partial charge in [0.1, 0.15) is 5.82 Å². The van der Waals surface area contributed by atoms with E-state index in [1.165, 1.54) is 31.7 Å². The molecule has 1 saturated carbocycles. The third kappa shape index (κ3) is 3.79. The van der Waals surface area contributed by atoms with Crippen LogP contribution in [0.15, 0.2) is 22.7 Å². The molecule has 0 spiro atoms. The van der Waals surface area contributed by atoms with Crippen LogP contribution in [0.4, 0.5) is 4.39 Å². The van der Waals surface area contributed by atoms with Crippen molar-refractivity contribution in [2.24, 2.45) is 11.8 Å². The molecular formula is C15H21BrFN.